The van der Waals surface area contributed by atoms with Gasteiger partial charge in [-0.05, 0) is 37.9 Å². The summed E-state index contributed by atoms with van der Waals surface area (Å²) in [7, 11) is 0. The van der Waals surface area contributed by atoms with E-state index < -0.39 is 0 Å². The van der Waals surface area contributed by atoms with Crippen molar-refractivity contribution in [1.29, 1.82) is 0 Å². The lowest BCUT2D eigenvalue weighted by atomic mass is 9.96. The molecule has 8 heteroatoms. The van der Waals surface area contributed by atoms with Gasteiger partial charge in [-0.1, -0.05) is 19.3 Å². The van der Waals surface area contributed by atoms with Crippen LogP contribution in [0.4, 0.5) is 17.6 Å². The lowest BCUT2D eigenvalue weighted by molar-refractivity contribution is 0.122. The van der Waals surface area contributed by atoms with Crippen LogP contribution in [0.3, 0.4) is 0 Å². The maximum atomic E-state index is 5.55. The highest BCUT2D eigenvalue weighted by molar-refractivity contribution is 7.80. The van der Waals surface area contributed by atoms with Gasteiger partial charge in [-0.2, -0.15) is 9.97 Å². The molecular formula is C19H30N6OS. The van der Waals surface area contributed by atoms with Crippen LogP contribution in [0, 0.1) is 0 Å². The first kappa shape index (κ1) is 18.7. The van der Waals surface area contributed by atoms with Gasteiger partial charge in [-0.15, -0.1) is 0 Å². The van der Waals surface area contributed by atoms with Crippen molar-refractivity contribution >= 4 is 34.9 Å². The number of rotatable bonds is 4. The fraction of sp³-hybridized carbons (Fsp3) is 0.737. The van der Waals surface area contributed by atoms with E-state index >= 15 is 0 Å². The Morgan fingerprint density at radius 2 is 1.56 bits per heavy atom. The monoisotopic (exact) mass is 390 g/mol. The number of thiocarbonyl (C=S) groups is 1. The van der Waals surface area contributed by atoms with E-state index in [-0.39, 0.29) is 0 Å². The summed E-state index contributed by atoms with van der Waals surface area (Å²) in [6.07, 6.45) is 8.72. The molecule has 27 heavy (non-hydrogen) atoms. The van der Waals surface area contributed by atoms with Gasteiger partial charge in [0.2, 0.25) is 5.95 Å². The predicted molar refractivity (Wildman–Crippen MR) is 113 cm³/mol. The highest BCUT2D eigenvalue weighted by Gasteiger charge is 2.20. The van der Waals surface area contributed by atoms with Crippen molar-refractivity contribution < 1.29 is 4.74 Å². The molecular weight excluding hydrogens is 360 g/mol. The van der Waals surface area contributed by atoms with Crippen molar-refractivity contribution in [2.75, 3.05) is 54.5 Å². The number of nitrogens with one attached hydrogen (secondary N) is 2. The van der Waals surface area contributed by atoms with Gasteiger partial charge in [0, 0.05) is 38.3 Å². The number of morpholine rings is 1. The quantitative estimate of drug-likeness (QED) is 0.761. The zero-order chi connectivity index (χ0) is 18.5. The summed E-state index contributed by atoms with van der Waals surface area (Å²) in [5.41, 5.74) is 0. The van der Waals surface area contributed by atoms with Crippen LogP contribution in [0.15, 0.2) is 6.07 Å². The van der Waals surface area contributed by atoms with Crippen LogP contribution in [-0.2, 0) is 4.74 Å². The molecule has 1 aromatic rings. The highest BCUT2D eigenvalue weighted by Crippen LogP contribution is 2.25. The minimum absolute atomic E-state index is 0.472. The molecule has 1 aromatic heterocycles. The number of ether oxygens (including phenoxy) is 1. The molecule has 0 bridgehead atoms. The number of aromatic nitrogens is 2. The third-order valence-corrected chi connectivity index (χ3v) is 5.85. The molecule has 4 rings (SSSR count). The first-order valence-electron chi connectivity index (χ1n) is 10.3. The molecule has 0 aromatic carbocycles. The van der Waals surface area contributed by atoms with Gasteiger partial charge >= 0.3 is 0 Å². The lowest BCUT2D eigenvalue weighted by Crippen LogP contribution is -2.40. The fourth-order valence-electron chi connectivity index (χ4n) is 4.11. The maximum absolute atomic E-state index is 5.55. The minimum Gasteiger partial charge on any atom is -0.378 e. The van der Waals surface area contributed by atoms with Crippen LogP contribution >= 0.6 is 12.2 Å². The second-order valence-electron chi connectivity index (χ2n) is 7.63. The van der Waals surface area contributed by atoms with E-state index in [0.717, 1.165) is 51.0 Å². The predicted octanol–water partition coefficient (Wildman–Crippen LogP) is 2.53. The van der Waals surface area contributed by atoms with Gasteiger partial charge in [-0.25, -0.2) is 0 Å². The normalized spacial score (nSPS) is 21.3. The van der Waals surface area contributed by atoms with E-state index in [0.29, 0.717) is 17.1 Å². The fourth-order valence-corrected chi connectivity index (χ4v) is 4.37. The van der Waals surface area contributed by atoms with Crippen LogP contribution in [0.1, 0.15) is 44.9 Å². The molecule has 3 heterocycles. The molecule has 7 nitrogen and oxygen atoms in total. The molecule has 148 valence electrons. The molecule has 3 aliphatic rings. The Kier molecular flexibility index (Phi) is 6.24. The summed E-state index contributed by atoms with van der Waals surface area (Å²) < 4.78 is 5.49. The topological polar surface area (TPSA) is 65.6 Å². The van der Waals surface area contributed by atoms with Crippen molar-refractivity contribution in [3.8, 4) is 0 Å². The first-order chi connectivity index (χ1) is 13.3. The molecule has 2 aliphatic heterocycles. The average molecular weight is 391 g/mol. The van der Waals surface area contributed by atoms with Crippen molar-refractivity contribution in [2.45, 2.75) is 51.0 Å². The zero-order valence-corrected chi connectivity index (χ0v) is 16.8. The van der Waals surface area contributed by atoms with Crippen molar-refractivity contribution in [1.82, 2.24) is 15.3 Å². The van der Waals surface area contributed by atoms with Crippen LogP contribution in [0.2, 0.25) is 0 Å². The third kappa shape index (κ3) is 4.99. The SMILES string of the molecule is S=C(Nc1nc(N2CCCC2)cc(N2CCOCC2)n1)NC1CCCCC1. The van der Waals surface area contributed by atoms with Crippen LogP contribution in [0.5, 0.6) is 0 Å². The minimum atomic E-state index is 0.472. The molecule has 3 fully saturated rings. The van der Waals surface area contributed by atoms with Crippen molar-refractivity contribution in [2.24, 2.45) is 0 Å². The van der Waals surface area contributed by atoms with E-state index in [1.54, 1.807) is 0 Å². The van der Waals surface area contributed by atoms with Gasteiger partial charge in [0.1, 0.15) is 11.6 Å². The van der Waals surface area contributed by atoms with Crippen LogP contribution in [-0.4, -0.2) is 60.5 Å². The van der Waals surface area contributed by atoms with Gasteiger partial charge in [0.25, 0.3) is 0 Å². The van der Waals surface area contributed by atoms with Gasteiger partial charge in [0.15, 0.2) is 5.11 Å². The molecule has 1 aliphatic carbocycles. The summed E-state index contributed by atoms with van der Waals surface area (Å²) in [5.74, 6) is 2.54. The van der Waals surface area contributed by atoms with Crippen LogP contribution < -0.4 is 20.4 Å². The Labute approximate surface area is 166 Å². The average Bonchev–Trinajstić information content (AvgIpc) is 3.24. The second-order valence-corrected chi connectivity index (χ2v) is 8.04. The molecule has 1 saturated carbocycles. The zero-order valence-electron chi connectivity index (χ0n) is 16.0. The number of anilines is 3. The molecule has 2 saturated heterocycles. The molecule has 0 atom stereocenters. The highest BCUT2D eigenvalue weighted by atomic mass is 32.1. The van der Waals surface area contributed by atoms with Crippen molar-refractivity contribution in [3.63, 3.8) is 0 Å². The van der Waals surface area contributed by atoms with E-state index in [1.165, 1.54) is 44.9 Å². The molecule has 0 unspecified atom stereocenters. The summed E-state index contributed by atoms with van der Waals surface area (Å²) >= 11 is 5.55. The Balaban J connectivity index is 1.49. The maximum Gasteiger partial charge on any atom is 0.232 e. The van der Waals surface area contributed by atoms with Crippen molar-refractivity contribution in [3.05, 3.63) is 6.07 Å². The molecule has 0 spiro atoms. The number of hydrogen-bond acceptors (Lipinski definition) is 6. The molecule has 2 N–H and O–H groups in total. The molecule has 0 radical (unpaired) electrons. The molecule has 0 amide bonds. The Hall–Kier alpha value is -1.67. The van der Waals surface area contributed by atoms with E-state index in [2.05, 4.69) is 26.5 Å². The van der Waals surface area contributed by atoms with Gasteiger partial charge in [-0.3, -0.25) is 0 Å². The summed E-state index contributed by atoms with van der Waals surface area (Å²) in [6.45, 7) is 5.33. The standard InChI is InChI=1S/C19H30N6OS/c27-19(20-15-6-2-1-3-7-15)23-18-21-16(24-8-4-5-9-24)14-17(22-18)25-10-12-26-13-11-25/h14-15H,1-13H2,(H2,20,21,22,23,27). The largest absolute Gasteiger partial charge is 0.378 e. The third-order valence-electron chi connectivity index (χ3n) is 5.63. The van der Waals surface area contributed by atoms with E-state index in [1.807, 2.05) is 0 Å². The Morgan fingerprint density at radius 3 is 2.22 bits per heavy atom. The Bertz CT molecular complexity index is 639. The van der Waals surface area contributed by atoms with Crippen LogP contribution in [0.25, 0.3) is 0 Å². The summed E-state index contributed by atoms with van der Waals surface area (Å²) in [4.78, 5) is 14.1. The van der Waals surface area contributed by atoms with E-state index in [9.17, 15) is 0 Å². The Morgan fingerprint density at radius 1 is 0.926 bits per heavy atom. The summed E-state index contributed by atoms with van der Waals surface area (Å²) in [5, 5.41) is 7.33. The summed E-state index contributed by atoms with van der Waals surface area (Å²) in [6, 6.07) is 2.58. The number of hydrogen-bond donors (Lipinski definition) is 2. The van der Waals surface area contributed by atoms with Gasteiger partial charge < -0.3 is 25.2 Å². The lowest BCUT2D eigenvalue weighted by Gasteiger charge is -2.29. The number of nitrogens with zero attached hydrogens (tertiary/aromatic N) is 4. The van der Waals surface area contributed by atoms with E-state index in [4.69, 9.17) is 26.9 Å². The smallest absolute Gasteiger partial charge is 0.232 e. The second kappa shape index (κ2) is 9.01. The van der Waals surface area contributed by atoms with Gasteiger partial charge in [0.05, 0.1) is 13.2 Å². The first-order valence-corrected chi connectivity index (χ1v) is 10.7.